The first kappa shape index (κ1) is 16.9. The van der Waals surface area contributed by atoms with E-state index >= 15 is 0 Å². The van der Waals surface area contributed by atoms with Gasteiger partial charge in [0.1, 0.15) is 11.3 Å². The molecule has 2 aromatic carbocycles. The standard InChI is InChI=1S/C22H24N2O2/c23-13-18-14-24(15-20(18)16-6-2-1-3-7-16)22(25)11-10-19-12-17-8-4-5-9-21(17)26-19/h1-9,12,18,20H,10-11,13-15,23H2/t18-,20+/m1/s1. The molecule has 1 aromatic heterocycles. The predicted molar refractivity (Wildman–Crippen MR) is 103 cm³/mol. The van der Waals surface area contributed by atoms with Crippen LogP contribution < -0.4 is 5.73 Å². The Balaban J connectivity index is 1.40. The van der Waals surface area contributed by atoms with Gasteiger partial charge in [0.05, 0.1) is 0 Å². The highest BCUT2D eigenvalue weighted by molar-refractivity contribution is 5.79. The number of nitrogens with zero attached hydrogens (tertiary/aromatic N) is 1. The molecule has 1 amide bonds. The smallest absolute Gasteiger partial charge is 0.223 e. The van der Waals surface area contributed by atoms with Crippen LogP contribution in [-0.4, -0.2) is 30.4 Å². The molecule has 3 aromatic rings. The Bertz CT molecular complexity index is 854. The molecule has 0 aliphatic carbocycles. The van der Waals surface area contributed by atoms with Crippen molar-refractivity contribution in [1.29, 1.82) is 0 Å². The molecular formula is C22H24N2O2. The first-order valence-corrected chi connectivity index (χ1v) is 9.25. The number of nitrogens with two attached hydrogens (primary N) is 1. The summed E-state index contributed by atoms with van der Waals surface area (Å²) in [5.74, 6) is 1.71. The third kappa shape index (κ3) is 3.37. The van der Waals surface area contributed by atoms with E-state index in [1.807, 2.05) is 41.3 Å². The topological polar surface area (TPSA) is 59.5 Å². The monoisotopic (exact) mass is 348 g/mol. The number of aryl methyl sites for hydroxylation is 1. The number of likely N-dealkylation sites (tertiary alicyclic amines) is 1. The number of fused-ring (bicyclic) bond motifs is 1. The number of para-hydroxylation sites is 1. The molecule has 2 heterocycles. The summed E-state index contributed by atoms with van der Waals surface area (Å²) >= 11 is 0. The molecule has 0 radical (unpaired) electrons. The number of furan rings is 1. The minimum Gasteiger partial charge on any atom is -0.461 e. The molecule has 1 aliphatic rings. The lowest BCUT2D eigenvalue weighted by molar-refractivity contribution is -0.130. The molecule has 1 saturated heterocycles. The molecule has 2 N–H and O–H groups in total. The van der Waals surface area contributed by atoms with Crippen LogP contribution in [0.3, 0.4) is 0 Å². The van der Waals surface area contributed by atoms with Gasteiger partial charge in [0.2, 0.25) is 5.91 Å². The molecule has 4 rings (SSSR count). The van der Waals surface area contributed by atoms with Gasteiger partial charge in [-0.25, -0.2) is 0 Å². The summed E-state index contributed by atoms with van der Waals surface area (Å²) in [5, 5.41) is 1.09. The van der Waals surface area contributed by atoms with Crippen molar-refractivity contribution < 1.29 is 9.21 Å². The second-order valence-electron chi connectivity index (χ2n) is 7.06. The molecule has 26 heavy (non-hydrogen) atoms. The molecule has 1 aliphatic heterocycles. The normalized spacial score (nSPS) is 20.0. The molecule has 0 spiro atoms. The second-order valence-corrected chi connectivity index (χ2v) is 7.06. The SMILES string of the molecule is NC[C@@H]1CN(C(=O)CCc2cc3ccccc3o2)C[C@H]1c1ccccc1. The van der Waals surface area contributed by atoms with Crippen LogP contribution >= 0.6 is 0 Å². The number of hydrogen-bond donors (Lipinski definition) is 1. The molecule has 2 atom stereocenters. The van der Waals surface area contributed by atoms with Gasteiger partial charge in [0.15, 0.2) is 0 Å². The number of hydrogen-bond acceptors (Lipinski definition) is 3. The Labute approximate surface area is 153 Å². The van der Waals surface area contributed by atoms with Crippen molar-refractivity contribution in [2.75, 3.05) is 19.6 Å². The van der Waals surface area contributed by atoms with Crippen molar-refractivity contribution in [2.24, 2.45) is 11.7 Å². The van der Waals surface area contributed by atoms with Gasteiger partial charge in [-0.3, -0.25) is 4.79 Å². The average Bonchev–Trinajstić information content (AvgIpc) is 3.30. The van der Waals surface area contributed by atoms with Crippen LogP contribution in [0.2, 0.25) is 0 Å². The molecule has 0 saturated carbocycles. The van der Waals surface area contributed by atoms with Crippen LogP contribution in [0.25, 0.3) is 11.0 Å². The lowest BCUT2D eigenvalue weighted by Crippen LogP contribution is -2.29. The van der Waals surface area contributed by atoms with Gasteiger partial charge in [-0.2, -0.15) is 0 Å². The Morgan fingerprint density at radius 2 is 1.85 bits per heavy atom. The van der Waals surface area contributed by atoms with E-state index in [4.69, 9.17) is 10.2 Å². The summed E-state index contributed by atoms with van der Waals surface area (Å²) in [4.78, 5) is 14.7. The van der Waals surface area contributed by atoms with Crippen LogP contribution in [0.5, 0.6) is 0 Å². The van der Waals surface area contributed by atoms with Crippen molar-refractivity contribution in [3.63, 3.8) is 0 Å². The van der Waals surface area contributed by atoms with Gasteiger partial charge in [-0.15, -0.1) is 0 Å². The zero-order valence-electron chi connectivity index (χ0n) is 14.8. The molecular weight excluding hydrogens is 324 g/mol. The third-order valence-corrected chi connectivity index (χ3v) is 5.39. The van der Waals surface area contributed by atoms with Gasteiger partial charge in [0.25, 0.3) is 0 Å². The van der Waals surface area contributed by atoms with Gasteiger partial charge in [-0.05, 0) is 30.2 Å². The van der Waals surface area contributed by atoms with E-state index < -0.39 is 0 Å². The van der Waals surface area contributed by atoms with Crippen molar-refractivity contribution in [1.82, 2.24) is 4.90 Å². The Hall–Kier alpha value is -2.59. The Kier molecular flexibility index (Phi) is 4.76. The first-order valence-electron chi connectivity index (χ1n) is 9.25. The van der Waals surface area contributed by atoms with E-state index in [0.29, 0.717) is 31.2 Å². The Morgan fingerprint density at radius 1 is 1.08 bits per heavy atom. The fourth-order valence-corrected chi connectivity index (χ4v) is 3.94. The fraction of sp³-hybridized carbons (Fsp3) is 0.318. The van der Waals surface area contributed by atoms with E-state index in [2.05, 4.69) is 24.3 Å². The van der Waals surface area contributed by atoms with E-state index in [9.17, 15) is 4.79 Å². The minimum absolute atomic E-state index is 0.183. The second kappa shape index (κ2) is 7.34. The van der Waals surface area contributed by atoms with Gasteiger partial charge < -0.3 is 15.1 Å². The minimum atomic E-state index is 0.183. The number of carbonyl (C=O) groups is 1. The van der Waals surface area contributed by atoms with Crippen LogP contribution in [0.15, 0.2) is 65.1 Å². The number of rotatable bonds is 5. The van der Waals surface area contributed by atoms with Crippen LogP contribution in [0, 0.1) is 5.92 Å². The third-order valence-electron chi connectivity index (χ3n) is 5.39. The highest BCUT2D eigenvalue weighted by Crippen LogP contribution is 2.32. The summed E-state index contributed by atoms with van der Waals surface area (Å²) in [5.41, 5.74) is 8.13. The molecule has 0 unspecified atom stereocenters. The van der Waals surface area contributed by atoms with Crippen molar-refractivity contribution >= 4 is 16.9 Å². The largest absolute Gasteiger partial charge is 0.461 e. The first-order chi connectivity index (χ1) is 12.7. The maximum absolute atomic E-state index is 12.7. The summed E-state index contributed by atoms with van der Waals surface area (Å²) in [6.07, 6.45) is 1.10. The van der Waals surface area contributed by atoms with Crippen LogP contribution in [-0.2, 0) is 11.2 Å². The van der Waals surface area contributed by atoms with Crippen LogP contribution in [0.1, 0.15) is 23.7 Å². The predicted octanol–water partition coefficient (Wildman–Crippen LogP) is 3.57. The van der Waals surface area contributed by atoms with Gasteiger partial charge in [0, 0.05) is 37.2 Å². The summed E-state index contributed by atoms with van der Waals surface area (Å²) < 4.78 is 5.82. The maximum Gasteiger partial charge on any atom is 0.223 e. The highest BCUT2D eigenvalue weighted by Gasteiger charge is 2.34. The van der Waals surface area contributed by atoms with Gasteiger partial charge >= 0.3 is 0 Å². The molecule has 4 heteroatoms. The molecule has 1 fully saturated rings. The quantitative estimate of drug-likeness (QED) is 0.767. The average molecular weight is 348 g/mol. The zero-order valence-corrected chi connectivity index (χ0v) is 14.8. The number of carbonyl (C=O) groups excluding carboxylic acids is 1. The molecule has 0 bridgehead atoms. The van der Waals surface area contributed by atoms with Crippen molar-refractivity contribution in [2.45, 2.75) is 18.8 Å². The lowest BCUT2D eigenvalue weighted by Gasteiger charge is -2.16. The fourth-order valence-electron chi connectivity index (χ4n) is 3.94. The lowest BCUT2D eigenvalue weighted by atomic mass is 9.89. The number of benzene rings is 2. The van der Waals surface area contributed by atoms with E-state index in [0.717, 1.165) is 29.8 Å². The van der Waals surface area contributed by atoms with Crippen molar-refractivity contribution in [3.05, 3.63) is 72.0 Å². The van der Waals surface area contributed by atoms with Crippen LogP contribution in [0.4, 0.5) is 0 Å². The van der Waals surface area contributed by atoms with E-state index in [1.54, 1.807) is 0 Å². The highest BCUT2D eigenvalue weighted by atomic mass is 16.3. The summed E-state index contributed by atoms with van der Waals surface area (Å²) in [6.45, 7) is 2.10. The van der Waals surface area contributed by atoms with Gasteiger partial charge in [-0.1, -0.05) is 48.5 Å². The van der Waals surface area contributed by atoms with Crippen molar-refractivity contribution in [3.8, 4) is 0 Å². The molecule has 134 valence electrons. The Morgan fingerprint density at radius 3 is 2.62 bits per heavy atom. The molecule has 4 nitrogen and oxygen atoms in total. The summed E-state index contributed by atoms with van der Waals surface area (Å²) in [7, 11) is 0. The zero-order chi connectivity index (χ0) is 17.9. The summed E-state index contributed by atoms with van der Waals surface area (Å²) in [6, 6.07) is 20.4. The van der Waals surface area contributed by atoms with E-state index in [1.165, 1.54) is 5.56 Å². The van der Waals surface area contributed by atoms with E-state index in [-0.39, 0.29) is 5.91 Å². The maximum atomic E-state index is 12.7. The number of amides is 1.